The van der Waals surface area contributed by atoms with E-state index in [0.717, 1.165) is 12.8 Å². The van der Waals surface area contributed by atoms with Crippen LogP contribution in [-0.4, -0.2) is 67.4 Å². The summed E-state index contributed by atoms with van der Waals surface area (Å²) in [5.41, 5.74) is -0.688. The summed E-state index contributed by atoms with van der Waals surface area (Å²) in [5.74, 6) is -0.801. The number of likely N-dealkylation sites (tertiary alicyclic amines) is 1. The molecule has 1 aliphatic rings. The van der Waals surface area contributed by atoms with Crippen LogP contribution in [0.2, 0.25) is 0 Å². The number of hydrogen-bond donors (Lipinski definition) is 1. The molecular weight excluding hydrogens is 328 g/mol. The van der Waals surface area contributed by atoms with Crippen molar-refractivity contribution < 1.29 is 28.6 Å². The van der Waals surface area contributed by atoms with Crippen molar-refractivity contribution in [2.45, 2.75) is 64.7 Å². The Morgan fingerprint density at radius 1 is 1.36 bits per heavy atom. The average Bonchev–Trinajstić information content (AvgIpc) is 2.85. The first-order valence-electron chi connectivity index (χ1n) is 8.65. The third-order valence-electron chi connectivity index (χ3n) is 3.64. The molecule has 1 N–H and O–H groups in total. The minimum Gasteiger partial charge on any atom is -0.467 e. The van der Waals surface area contributed by atoms with Crippen molar-refractivity contribution in [3.05, 3.63) is 0 Å². The van der Waals surface area contributed by atoms with E-state index in [1.807, 2.05) is 0 Å². The van der Waals surface area contributed by atoms with Gasteiger partial charge < -0.3 is 24.4 Å². The van der Waals surface area contributed by atoms with Gasteiger partial charge in [-0.25, -0.2) is 9.59 Å². The number of nitrogens with one attached hydrogen (secondary N) is 1. The summed E-state index contributed by atoms with van der Waals surface area (Å²) in [6.45, 7) is 8.26. The van der Waals surface area contributed by atoms with Crippen LogP contribution >= 0.6 is 0 Å². The number of esters is 1. The van der Waals surface area contributed by atoms with Crippen LogP contribution in [0.15, 0.2) is 0 Å². The van der Waals surface area contributed by atoms with Crippen molar-refractivity contribution in [3.8, 4) is 0 Å². The molecule has 2 atom stereocenters. The molecule has 0 spiro atoms. The van der Waals surface area contributed by atoms with Gasteiger partial charge in [-0.1, -0.05) is 13.3 Å². The summed E-state index contributed by atoms with van der Waals surface area (Å²) < 4.78 is 15.5. The lowest BCUT2D eigenvalue weighted by atomic mass is 10.2. The third-order valence-corrected chi connectivity index (χ3v) is 3.64. The Balaban J connectivity index is 2.62. The van der Waals surface area contributed by atoms with E-state index in [1.165, 1.54) is 12.0 Å². The van der Waals surface area contributed by atoms with E-state index in [9.17, 15) is 14.4 Å². The van der Waals surface area contributed by atoms with Gasteiger partial charge in [-0.3, -0.25) is 4.79 Å². The van der Waals surface area contributed by atoms with Crippen LogP contribution in [-0.2, 0) is 23.8 Å². The quantitative estimate of drug-likeness (QED) is 0.522. The van der Waals surface area contributed by atoms with Gasteiger partial charge in [-0.05, 0) is 27.2 Å². The maximum atomic E-state index is 12.4. The maximum Gasteiger partial charge on any atom is 0.408 e. The van der Waals surface area contributed by atoms with Crippen molar-refractivity contribution >= 4 is 18.0 Å². The molecule has 1 aliphatic heterocycles. The number of unbranched alkanes of at least 4 members (excludes halogenated alkanes) is 1. The zero-order valence-corrected chi connectivity index (χ0v) is 15.8. The molecule has 8 nitrogen and oxygen atoms in total. The Morgan fingerprint density at radius 2 is 2.04 bits per heavy atom. The molecule has 1 fully saturated rings. The highest BCUT2D eigenvalue weighted by Gasteiger charge is 2.36. The van der Waals surface area contributed by atoms with Crippen LogP contribution in [0, 0.1) is 0 Å². The molecule has 0 aromatic rings. The van der Waals surface area contributed by atoms with Crippen LogP contribution in [0.25, 0.3) is 0 Å². The lowest BCUT2D eigenvalue weighted by Gasteiger charge is -2.25. The molecule has 0 aromatic carbocycles. The fraction of sp³-hybridized carbons (Fsp3) is 0.824. The van der Waals surface area contributed by atoms with Crippen molar-refractivity contribution in [1.29, 1.82) is 0 Å². The Morgan fingerprint density at radius 3 is 2.60 bits per heavy atom. The molecule has 144 valence electrons. The molecule has 0 aromatic heterocycles. The van der Waals surface area contributed by atoms with E-state index in [4.69, 9.17) is 14.2 Å². The minimum absolute atomic E-state index is 0.0262. The van der Waals surface area contributed by atoms with Gasteiger partial charge in [-0.15, -0.1) is 0 Å². The van der Waals surface area contributed by atoms with Gasteiger partial charge in [-0.2, -0.15) is 0 Å². The van der Waals surface area contributed by atoms with Crippen LogP contribution in [0.4, 0.5) is 4.79 Å². The maximum absolute atomic E-state index is 12.4. The second kappa shape index (κ2) is 9.60. The second-order valence-electron chi connectivity index (χ2n) is 7.01. The number of rotatable bonds is 8. The van der Waals surface area contributed by atoms with Crippen LogP contribution in [0.3, 0.4) is 0 Å². The zero-order valence-electron chi connectivity index (χ0n) is 15.8. The number of nitrogens with zero attached hydrogens (tertiary/aromatic N) is 1. The number of alkyl carbamates (subject to hydrolysis) is 1. The van der Waals surface area contributed by atoms with Gasteiger partial charge in [0, 0.05) is 19.6 Å². The molecule has 0 bridgehead atoms. The van der Waals surface area contributed by atoms with E-state index >= 15 is 0 Å². The fourth-order valence-electron chi connectivity index (χ4n) is 2.41. The molecule has 2 amide bonds. The second-order valence-corrected chi connectivity index (χ2v) is 7.01. The standard InChI is InChI=1S/C17H30N2O6/c1-6-7-10-24-13-8-9-19(14(13)20)11-12(15(21)23-5)18-16(22)25-17(2,3)4/h12-13H,6-11H2,1-5H3,(H,18,22)/t12-,13-/m0/s1. The van der Waals surface area contributed by atoms with Crippen LogP contribution in [0.1, 0.15) is 47.0 Å². The Bertz CT molecular complexity index is 474. The van der Waals surface area contributed by atoms with Crippen molar-refractivity contribution in [1.82, 2.24) is 10.2 Å². The number of hydrogen-bond acceptors (Lipinski definition) is 6. The lowest BCUT2D eigenvalue weighted by molar-refractivity contribution is -0.145. The molecule has 0 aliphatic carbocycles. The predicted octanol–water partition coefficient (Wildman–Crippen LogP) is 1.47. The number of carbonyl (C=O) groups is 3. The van der Waals surface area contributed by atoms with E-state index in [0.29, 0.717) is 19.6 Å². The highest BCUT2D eigenvalue weighted by atomic mass is 16.6. The SMILES string of the molecule is CCCCO[C@H]1CCN(C[C@H](NC(=O)OC(C)(C)C)C(=O)OC)C1=O. The summed E-state index contributed by atoms with van der Waals surface area (Å²) in [6.07, 6.45) is 1.25. The van der Waals surface area contributed by atoms with Gasteiger partial charge in [0.2, 0.25) is 0 Å². The van der Waals surface area contributed by atoms with Gasteiger partial charge in [0.15, 0.2) is 0 Å². The van der Waals surface area contributed by atoms with E-state index in [1.54, 1.807) is 20.8 Å². The summed E-state index contributed by atoms with van der Waals surface area (Å²) in [6, 6.07) is -0.988. The van der Waals surface area contributed by atoms with Crippen molar-refractivity contribution in [2.75, 3.05) is 26.8 Å². The Hall–Kier alpha value is -1.83. The molecule has 0 radical (unpaired) electrons. The Labute approximate surface area is 149 Å². The highest BCUT2D eigenvalue weighted by molar-refractivity contribution is 5.85. The lowest BCUT2D eigenvalue weighted by Crippen LogP contribution is -2.51. The zero-order chi connectivity index (χ0) is 19.0. The number of methoxy groups -OCH3 is 1. The normalized spacial score (nSPS) is 18.8. The van der Waals surface area contributed by atoms with Gasteiger partial charge in [0.25, 0.3) is 5.91 Å². The molecule has 0 unspecified atom stereocenters. The monoisotopic (exact) mass is 358 g/mol. The first kappa shape index (κ1) is 21.2. The van der Waals surface area contributed by atoms with Crippen molar-refractivity contribution in [3.63, 3.8) is 0 Å². The molecule has 1 saturated heterocycles. The molecule has 8 heteroatoms. The summed E-state index contributed by atoms with van der Waals surface area (Å²) in [7, 11) is 1.23. The number of ether oxygens (including phenoxy) is 3. The summed E-state index contributed by atoms with van der Waals surface area (Å²) in [4.78, 5) is 37.7. The highest BCUT2D eigenvalue weighted by Crippen LogP contribution is 2.16. The van der Waals surface area contributed by atoms with Crippen LogP contribution in [0.5, 0.6) is 0 Å². The third kappa shape index (κ3) is 7.29. The Kier molecular flexibility index (Phi) is 8.15. The number of carbonyl (C=O) groups excluding carboxylic acids is 3. The largest absolute Gasteiger partial charge is 0.467 e. The number of amides is 2. The predicted molar refractivity (Wildman–Crippen MR) is 91.0 cm³/mol. The van der Waals surface area contributed by atoms with Gasteiger partial charge >= 0.3 is 12.1 Å². The minimum atomic E-state index is -0.988. The first-order chi connectivity index (χ1) is 11.7. The van der Waals surface area contributed by atoms with E-state index in [2.05, 4.69) is 12.2 Å². The molecule has 1 heterocycles. The van der Waals surface area contributed by atoms with Gasteiger partial charge in [0.05, 0.1) is 13.7 Å². The van der Waals surface area contributed by atoms with E-state index < -0.39 is 29.8 Å². The summed E-state index contributed by atoms with van der Waals surface area (Å²) >= 11 is 0. The fourth-order valence-corrected chi connectivity index (χ4v) is 2.41. The first-order valence-corrected chi connectivity index (χ1v) is 8.65. The molecular formula is C17H30N2O6. The molecule has 0 saturated carbocycles. The smallest absolute Gasteiger partial charge is 0.408 e. The average molecular weight is 358 g/mol. The summed E-state index contributed by atoms with van der Waals surface area (Å²) in [5, 5.41) is 2.47. The molecule has 1 rings (SSSR count). The van der Waals surface area contributed by atoms with Crippen molar-refractivity contribution in [2.24, 2.45) is 0 Å². The molecule has 25 heavy (non-hydrogen) atoms. The van der Waals surface area contributed by atoms with Crippen LogP contribution < -0.4 is 5.32 Å². The van der Waals surface area contributed by atoms with Gasteiger partial charge in [0.1, 0.15) is 17.7 Å². The topological polar surface area (TPSA) is 94.2 Å². The van der Waals surface area contributed by atoms with E-state index in [-0.39, 0.29) is 12.5 Å².